The second-order valence-corrected chi connectivity index (χ2v) is 8.85. The number of sulfonamides is 1. The standard InChI is InChI=1S/C20H24F3N5O4S/c1-4-17(27(2)3)26-33(30,31)16-10-8-15(9-11-16)32-28(19(24)25)18(29)13-6-5-7-14(12-13)20(21,22)23/h5-12,17,26H,4H2,1-3H3,(H3,24,25). The molecule has 33 heavy (non-hydrogen) atoms. The summed E-state index contributed by atoms with van der Waals surface area (Å²) in [5, 5.41) is 7.86. The number of guanidine groups is 1. The lowest BCUT2D eigenvalue weighted by Gasteiger charge is -2.24. The van der Waals surface area contributed by atoms with Crippen LogP contribution in [0.5, 0.6) is 5.75 Å². The molecule has 0 bridgehead atoms. The van der Waals surface area contributed by atoms with Crippen LogP contribution in [0.4, 0.5) is 13.2 Å². The molecular formula is C20H24F3N5O4S. The van der Waals surface area contributed by atoms with Gasteiger partial charge in [0.25, 0.3) is 5.91 Å². The number of rotatable bonds is 8. The highest BCUT2D eigenvalue weighted by Gasteiger charge is 2.32. The van der Waals surface area contributed by atoms with E-state index in [0.717, 1.165) is 18.2 Å². The first-order chi connectivity index (χ1) is 15.3. The minimum Gasteiger partial charge on any atom is -0.369 e. The van der Waals surface area contributed by atoms with Gasteiger partial charge in [-0.05, 0) is 63.0 Å². The minimum absolute atomic E-state index is 0.0656. The maximum atomic E-state index is 12.9. The summed E-state index contributed by atoms with van der Waals surface area (Å²) >= 11 is 0. The highest BCUT2D eigenvalue weighted by molar-refractivity contribution is 7.89. The largest absolute Gasteiger partial charge is 0.416 e. The summed E-state index contributed by atoms with van der Waals surface area (Å²) in [6.07, 6.45) is -4.57. The molecule has 4 N–H and O–H groups in total. The second kappa shape index (κ2) is 10.2. The highest BCUT2D eigenvalue weighted by atomic mass is 32.2. The van der Waals surface area contributed by atoms with Gasteiger partial charge in [-0.25, -0.2) is 8.42 Å². The van der Waals surface area contributed by atoms with Gasteiger partial charge in [-0.3, -0.25) is 15.1 Å². The Kier molecular flexibility index (Phi) is 8.06. The van der Waals surface area contributed by atoms with Crippen LogP contribution in [-0.2, 0) is 16.2 Å². The Morgan fingerprint density at radius 3 is 2.27 bits per heavy atom. The molecule has 2 aromatic rings. The molecule has 2 rings (SSSR count). The molecule has 0 aliphatic rings. The van der Waals surface area contributed by atoms with Crippen LogP contribution in [0.3, 0.4) is 0 Å². The Morgan fingerprint density at radius 2 is 1.79 bits per heavy atom. The molecule has 0 saturated heterocycles. The lowest BCUT2D eigenvalue weighted by atomic mass is 10.1. The van der Waals surface area contributed by atoms with Crippen LogP contribution in [-0.4, -0.2) is 50.5 Å². The van der Waals surface area contributed by atoms with Crippen molar-refractivity contribution in [1.82, 2.24) is 14.7 Å². The van der Waals surface area contributed by atoms with Crippen LogP contribution in [0.25, 0.3) is 0 Å². The van der Waals surface area contributed by atoms with E-state index in [4.69, 9.17) is 16.0 Å². The fraction of sp³-hybridized carbons (Fsp3) is 0.300. The van der Waals surface area contributed by atoms with Crippen LogP contribution >= 0.6 is 0 Å². The SMILES string of the molecule is CCC(NS(=O)(=O)c1ccc(ON(C(=N)N)C(=O)c2cccc(C(F)(F)F)c2)cc1)N(C)C. The summed E-state index contributed by atoms with van der Waals surface area (Å²) in [5.74, 6) is -2.06. The van der Waals surface area contributed by atoms with Gasteiger partial charge in [-0.1, -0.05) is 13.0 Å². The molecule has 0 aliphatic heterocycles. The minimum atomic E-state index is -4.67. The van der Waals surface area contributed by atoms with E-state index in [1.165, 1.54) is 24.3 Å². The summed E-state index contributed by atoms with van der Waals surface area (Å²) in [4.78, 5) is 19.5. The van der Waals surface area contributed by atoms with E-state index in [-0.39, 0.29) is 10.6 Å². The molecule has 1 unspecified atom stereocenters. The van der Waals surface area contributed by atoms with Crippen molar-refractivity contribution < 1.29 is 31.2 Å². The number of benzene rings is 2. The fourth-order valence-corrected chi connectivity index (χ4v) is 4.10. The molecule has 2 aromatic carbocycles. The van der Waals surface area contributed by atoms with E-state index in [2.05, 4.69) is 4.72 Å². The van der Waals surface area contributed by atoms with Crippen LogP contribution < -0.4 is 15.3 Å². The van der Waals surface area contributed by atoms with Crippen molar-refractivity contribution in [2.75, 3.05) is 14.1 Å². The molecule has 180 valence electrons. The van der Waals surface area contributed by atoms with Gasteiger partial charge in [0.2, 0.25) is 16.0 Å². The third-order valence-electron chi connectivity index (χ3n) is 4.47. The van der Waals surface area contributed by atoms with Gasteiger partial charge in [0.15, 0.2) is 5.75 Å². The van der Waals surface area contributed by atoms with E-state index in [1.54, 1.807) is 19.0 Å². The normalized spacial score (nSPS) is 12.9. The zero-order chi connectivity index (χ0) is 25.0. The molecule has 0 aliphatic carbocycles. The van der Waals surface area contributed by atoms with Gasteiger partial charge < -0.3 is 10.6 Å². The average Bonchev–Trinajstić information content (AvgIpc) is 2.74. The molecular weight excluding hydrogens is 463 g/mol. The van der Waals surface area contributed by atoms with E-state index in [1.807, 2.05) is 6.92 Å². The number of hydroxylamine groups is 2. The lowest BCUT2D eigenvalue weighted by molar-refractivity contribution is -0.137. The molecule has 1 atom stereocenters. The molecule has 0 saturated carbocycles. The zero-order valence-electron chi connectivity index (χ0n) is 18.1. The predicted molar refractivity (Wildman–Crippen MR) is 115 cm³/mol. The molecule has 9 nitrogen and oxygen atoms in total. The van der Waals surface area contributed by atoms with E-state index >= 15 is 0 Å². The number of hydrogen-bond acceptors (Lipinski definition) is 6. The van der Waals surface area contributed by atoms with Gasteiger partial charge in [0.05, 0.1) is 16.6 Å². The lowest BCUT2D eigenvalue weighted by Crippen LogP contribution is -2.44. The van der Waals surface area contributed by atoms with Gasteiger partial charge >= 0.3 is 6.18 Å². The Labute approximate surface area is 189 Å². The van der Waals surface area contributed by atoms with Crippen molar-refractivity contribution in [3.05, 3.63) is 59.7 Å². The number of carbonyl (C=O) groups excluding carboxylic acids is 1. The summed E-state index contributed by atoms with van der Waals surface area (Å²) < 4.78 is 66.5. The Balaban J connectivity index is 2.24. The van der Waals surface area contributed by atoms with Crippen molar-refractivity contribution in [2.24, 2.45) is 5.73 Å². The molecule has 1 amide bonds. The highest BCUT2D eigenvalue weighted by Crippen LogP contribution is 2.30. The third kappa shape index (κ3) is 6.66. The number of amides is 1. The number of alkyl halides is 3. The van der Waals surface area contributed by atoms with Gasteiger partial charge in [0.1, 0.15) is 0 Å². The number of nitrogens with one attached hydrogen (secondary N) is 2. The van der Waals surface area contributed by atoms with E-state index in [9.17, 15) is 26.4 Å². The quantitative estimate of drug-likeness (QED) is 0.227. The molecule has 0 radical (unpaired) electrons. The zero-order valence-corrected chi connectivity index (χ0v) is 18.9. The van der Waals surface area contributed by atoms with Gasteiger partial charge in [0, 0.05) is 5.56 Å². The third-order valence-corrected chi connectivity index (χ3v) is 5.95. The Morgan fingerprint density at radius 1 is 1.18 bits per heavy atom. The Bertz CT molecular complexity index is 1110. The first-order valence-corrected chi connectivity index (χ1v) is 11.1. The van der Waals surface area contributed by atoms with Gasteiger partial charge in [-0.2, -0.15) is 17.9 Å². The maximum Gasteiger partial charge on any atom is 0.416 e. The Hall–Kier alpha value is -3.16. The van der Waals surface area contributed by atoms with Crippen LogP contribution in [0.2, 0.25) is 0 Å². The topological polar surface area (TPSA) is 129 Å². The van der Waals surface area contributed by atoms with Gasteiger partial charge in [-0.15, -0.1) is 5.06 Å². The number of nitrogens with two attached hydrogens (primary N) is 1. The summed E-state index contributed by atoms with van der Waals surface area (Å²) in [6.45, 7) is 1.82. The van der Waals surface area contributed by atoms with Crippen molar-refractivity contribution >= 4 is 21.9 Å². The molecule has 0 fully saturated rings. The first-order valence-electron chi connectivity index (χ1n) is 9.58. The van der Waals surface area contributed by atoms with Crippen LogP contribution in [0, 0.1) is 5.41 Å². The maximum absolute atomic E-state index is 12.9. The van der Waals surface area contributed by atoms with Crippen LogP contribution in [0.15, 0.2) is 53.4 Å². The monoisotopic (exact) mass is 487 g/mol. The molecule has 0 aromatic heterocycles. The van der Waals surface area contributed by atoms with Crippen molar-refractivity contribution in [1.29, 1.82) is 5.41 Å². The molecule has 13 heteroatoms. The van der Waals surface area contributed by atoms with Crippen molar-refractivity contribution in [2.45, 2.75) is 30.6 Å². The molecule has 0 spiro atoms. The fourth-order valence-electron chi connectivity index (χ4n) is 2.73. The first kappa shape index (κ1) is 26.1. The van der Waals surface area contributed by atoms with Crippen LogP contribution in [0.1, 0.15) is 29.3 Å². The predicted octanol–water partition coefficient (Wildman–Crippen LogP) is 2.61. The van der Waals surface area contributed by atoms with Crippen molar-refractivity contribution in [3.63, 3.8) is 0 Å². The van der Waals surface area contributed by atoms with Crippen molar-refractivity contribution in [3.8, 4) is 5.75 Å². The average molecular weight is 488 g/mol. The number of carbonyl (C=O) groups is 1. The summed E-state index contributed by atoms with van der Waals surface area (Å²) in [6, 6.07) is 8.44. The number of hydrogen-bond donors (Lipinski definition) is 3. The second-order valence-electron chi connectivity index (χ2n) is 7.13. The van der Waals surface area contributed by atoms with E-state index < -0.39 is 45.4 Å². The number of nitrogens with zero attached hydrogens (tertiary/aromatic N) is 2. The molecule has 0 heterocycles. The number of halogens is 3. The smallest absolute Gasteiger partial charge is 0.369 e. The van der Waals surface area contributed by atoms with E-state index in [0.29, 0.717) is 17.6 Å². The summed E-state index contributed by atoms with van der Waals surface area (Å²) in [7, 11) is -0.402. The summed E-state index contributed by atoms with van der Waals surface area (Å²) in [5.41, 5.74) is 3.92.